The van der Waals surface area contributed by atoms with Gasteiger partial charge in [-0.15, -0.1) is 0 Å². The van der Waals surface area contributed by atoms with E-state index >= 15 is 0 Å². The van der Waals surface area contributed by atoms with Gasteiger partial charge in [-0.05, 0) is 108 Å². The number of thioether (sulfide) groups is 1. The van der Waals surface area contributed by atoms with Gasteiger partial charge in [-0.3, -0.25) is 4.79 Å². The quantitative estimate of drug-likeness (QED) is 0.492. The number of hydrogen-bond donors (Lipinski definition) is 0. The molecular formula is C30H32N2O2S. The number of amidine groups is 1. The fraction of sp³-hybridized carbons (Fsp3) is 0.467. The zero-order chi connectivity index (χ0) is 23.4. The van der Waals surface area contributed by atoms with Gasteiger partial charge in [0, 0.05) is 13.1 Å². The summed E-state index contributed by atoms with van der Waals surface area (Å²) < 4.78 is 5.43. The molecule has 2 aromatic carbocycles. The smallest absolute Gasteiger partial charge is 0.286 e. The van der Waals surface area contributed by atoms with Crippen LogP contribution in [0.5, 0.6) is 0 Å². The molecule has 2 aliphatic heterocycles. The molecule has 35 heavy (non-hydrogen) atoms. The van der Waals surface area contributed by atoms with Crippen molar-refractivity contribution in [3.63, 3.8) is 0 Å². The summed E-state index contributed by atoms with van der Waals surface area (Å²) in [4.78, 5) is 19.8. The van der Waals surface area contributed by atoms with Crippen LogP contribution >= 0.6 is 11.8 Å². The summed E-state index contributed by atoms with van der Waals surface area (Å²) in [5.41, 5.74) is 5.52. The SMILES string of the molecule is O=C1N=C(N2CCOCC2)S/C1=C\c1cccc(-c2cccc(C34CC5CC(CC(C5)C3)C4)c2)c1. The van der Waals surface area contributed by atoms with E-state index in [0.717, 1.165) is 41.6 Å². The van der Waals surface area contributed by atoms with Crippen LogP contribution in [-0.4, -0.2) is 42.3 Å². The van der Waals surface area contributed by atoms with Crippen molar-refractivity contribution in [3.05, 3.63) is 64.6 Å². The van der Waals surface area contributed by atoms with Crippen LogP contribution in [0.2, 0.25) is 0 Å². The Morgan fingerprint density at radius 1 is 0.914 bits per heavy atom. The predicted molar refractivity (Wildman–Crippen MR) is 142 cm³/mol. The number of aliphatic imine (C=N–C) groups is 1. The average molecular weight is 485 g/mol. The zero-order valence-corrected chi connectivity index (χ0v) is 20.9. The molecular weight excluding hydrogens is 452 g/mol. The lowest BCUT2D eigenvalue weighted by Gasteiger charge is -2.57. The molecule has 0 radical (unpaired) electrons. The van der Waals surface area contributed by atoms with Gasteiger partial charge in [0.05, 0.1) is 18.1 Å². The van der Waals surface area contributed by atoms with Gasteiger partial charge in [0.25, 0.3) is 5.91 Å². The van der Waals surface area contributed by atoms with Crippen molar-refractivity contribution in [2.45, 2.75) is 43.9 Å². The monoisotopic (exact) mass is 484 g/mol. The second kappa shape index (κ2) is 8.63. The molecule has 4 bridgehead atoms. The van der Waals surface area contributed by atoms with E-state index in [-0.39, 0.29) is 5.91 Å². The first-order valence-electron chi connectivity index (χ1n) is 13.2. The molecule has 6 aliphatic rings. The first-order chi connectivity index (χ1) is 17.1. The number of carbonyl (C=O) groups is 1. The summed E-state index contributed by atoms with van der Waals surface area (Å²) in [6.45, 7) is 2.97. The number of rotatable bonds is 3. The highest BCUT2D eigenvalue weighted by Gasteiger charge is 2.51. The maximum atomic E-state index is 12.6. The highest BCUT2D eigenvalue weighted by atomic mass is 32.2. The van der Waals surface area contributed by atoms with Gasteiger partial charge in [0.15, 0.2) is 5.17 Å². The second-order valence-corrected chi connectivity index (χ2v) is 12.3. The number of carbonyl (C=O) groups excluding carboxylic acids is 1. The number of hydrogen-bond acceptors (Lipinski definition) is 4. The van der Waals surface area contributed by atoms with E-state index in [1.807, 2.05) is 6.08 Å². The maximum absolute atomic E-state index is 12.6. The van der Waals surface area contributed by atoms with Crippen molar-refractivity contribution in [2.75, 3.05) is 26.3 Å². The Bertz CT molecular complexity index is 1190. The van der Waals surface area contributed by atoms with Crippen LogP contribution in [0, 0.1) is 17.8 Å². The Morgan fingerprint density at radius 2 is 1.57 bits per heavy atom. The van der Waals surface area contributed by atoms with Crippen LogP contribution in [0.1, 0.15) is 49.7 Å². The van der Waals surface area contributed by atoms with E-state index in [1.165, 1.54) is 61.4 Å². The van der Waals surface area contributed by atoms with Gasteiger partial charge in [-0.25, -0.2) is 0 Å². The van der Waals surface area contributed by atoms with Crippen molar-refractivity contribution in [1.82, 2.24) is 4.90 Å². The second-order valence-electron chi connectivity index (χ2n) is 11.3. The summed E-state index contributed by atoms with van der Waals surface area (Å²) in [5, 5.41) is 0.809. The van der Waals surface area contributed by atoms with E-state index in [1.54, 1.807) is 5.56 Å². The zero-order valence-electron chi connectivity index (χ0n) is 20.1. The predicted octanol–water partition coefficient (Wildman–Crippen LogP) is 6.12. The van der Waals surface area contributed by atoms with E-state index in [0.29, 0.717) is 23.5 Å². The molecule has 5 fully saturated rings. The third-order valence-electron chi connectivity index (χ3n) is 8.92. The molecule has 4 nitrogen and oxygen atoms in total. The van der Waals surface area contributed by atoms with Gasteiger partial charge < -0.3 is 9.64 Å². The Morgan fingerprint density at radius 3 is 2.29 bits per heavy atom. The van der Waals surface area contributed by atoms with Crippen LogP contribution < -0.4 is 0 Å². The highest BCUT2D eigenvalue weighted by Crippen LogP contribution is 2.60. The summed E-state index contributed by atoms with van der Waals surface area (Å²) in [6, 6.07) is 18.0. The molecule has 4 saturated carbocycles. The minimum atomic E-state index is -0.134. The van der Waals surface area contributed by atoms with E-state index in [4.69, 9.17) is 4.74 Å². The Hall–Kier alpha value is -2.37. The van der Waals surface area contributed by atoms with E-state index < -0.39 is 0 Å². The topological polar surface area (TPSA) is 41.9 Å². The normalized spacial score (nSPS) is 33.0. The van der Waals surface area contributed by atoms with Crippen LogP contribution in [0.3, 0.4) is 0 Å². The Labute approximate surface area is 211 Å². The lowest BCUT2D eigenvalue weighted by Crippen LogP contribution is -2.48. The molecule has 0 unspecified atom stereocenters. The third kappa shape index (κ3) is 4.07. The molecule has 180 valence electrons. The standard InChI is InChI=1S/C30H32N2O2S/c33-28-27(35-29(31-28)32-7-9-34-10-8-32)15-20-3-1-4-24(14-20)25-5-2-6-26(16-25)30-17-21-11-22(18-30)13-23(12-21)19-30/h1-6,14-16,21-23H,7-13,17-19H2/b27-15-. The molecule has 1 saturated heterocycles. The molecule has 8 rings (SSSR count). The lowest BCUT2D eigenvalue weighted by atomic mass is 9.48. The summed E-state index contributed by atoms with van der Waals surface area (Å²) in [5.74, 6) is 2.72. The highest BCUT2D eigenvalue weighted by molar-refractivity contribution is 8.18. The largest absolute Gasteiger partial charge is 0.378 e. The average Bonchev–Trinajstić information content (AvgIpc) is 3.24. The molecule has 0 spiro atoms. The number of ether oxygens (including phenoxy) is 1. The number of benzene rings is 2. The summed E-state index contributed by atoms with van der Waals surface area (Å²) >= 11 is 1.49. The number of morpholine rings is 1. The molecule has 0 N–H and O–H groups in total. The molecule has 5 heteroatoms. The Balaban J connectivity index is 1.14. The van der Waals surface area contributed by atoms with Crippen LogP contribution in [0.4, 0.5) is 0 Å². The minimum absolute atomic E-state index is 0.134. The van der Waals surface area contributed by atoms with Gasteiger partial charge in [0.2, 0.25) is 0 Å². The summed E-state index contributed by atoms with van der Waals surface area (Å²) in [7, 11) is 0. The first kappa shape index (κ1) is 21.9. The van der Waals surface area contributed by atoms with Crippen molar-refractivity contribution in [1.29, 1.82) is 0 Å². The molecule has 0 atom stereocenters. The molecule has 0 aromatic heterocycles. The van der Waals surface area contributed by atoms with E-state index in [9.17, 15) is 4.79 Å². The number of nitrogens with zero attached hydrogens (tertiary/aromatic N) is 2. The van der Waals surface area contributed by atoms with E-state index in [2.05, 4.69) is 58.4 Å². The van der Waals surface area contributed by atoms with Crippen LogP contribution in [-0.2, 0) is 14.9 Å². The third-order valence-corrected chi connectivity index (χ3v) is 9.97. The van der Waals surface area contributed by atoms with Crippen molar-refractivity contribution in [3.8, 4) is 11.1 Å². The fourth-order valence-electron chi connectivity index (χ4n) is 7.74. The van der Waals surface area contributed by atoms with Gasteiger partial charge in [0.1, 0.15) is 0 Å². The van der Waals surface area contributed by atoms with Crippen LogP contribution in [0.15, 0.2) is 58.4 Å². The Kier molecular flexibility index (Phi) is 5.40. The van der Waals surface area contributed by atoms with Gasteiger partial charge in [-0.1, -0.05) is 42.5 Å². The van der Waals surface area contributed by atoms with Crippen molar-refractivity contribution >= 4 is 28.9 Å². The maximum Gasteiger partial charge on any atom is 0.286 e. The van der Waals surface area contributed by atoms with Crippen molar-refractivity contribution < 1.29 is 9.53 Å². The molecule has 1 amide bonds. The minimum Gasteiger partial charge on any atom is -0.378 e. The number of amides is 1. The first-order valence-corrected chi connectivity index (χ1v) is 14.0. The van der Waals surface area contributed by atoms with Gasteiger partial charge in [-0.2, -0.15) is 4.99 Å². The van der Waals surface area contributed by atoms with Crippen molar-refractivity contribution in [2.24, 2.45) is 22.7 Å². The molecule has 4 aliphatic carbocycles. The molecule has 2 aromatic rings. The lowest BCUT2D eigenvalue weighted by molar-refractivity contribution is -0.113. The summed E-state index contributed by atoms with van der Waals surface area (Å²) in [6.07, 6.45) is 10.6. The van der Waals surface area contributed by atoms with Gasteiger partial charge >= 0.3 is 0 Å². The van der Waals surface area contributed by atoms with Crippen LogP contribution in [0.25, 0.3) is 17.2 Å². The fourth-order valence-corrected chi connectivity index (χ4v) is 8.70. The molecule has 2 heterocycles.